The van der Waals surface area contributed by atoms with E-state index in [1.54, 1.807) is 7.05 Å². The molecular formula is C12H19N3O4S. The van der Waals surface area contributed by atoms with Crippen molar-refractivity contribution in [3.05, 3.63) is 16.1 Å². The van der Waals surface area contributed by atoms with E-state index < -0.39 is 5.97 Å². The fourth-order valence-corrected chi connectivity index (χ4v) is 2.24. The number of carbonyl (C=O) groups excluding carboxylic acids is 1. The van der Waals surface area contributed by atoms with Gasteiger partial charge in [0.05, 0.1) is 23.9 Å². The Bertz CT molecular complexity index is 463. The lowest BCUT2D eigenvalue weighted by Gasteiger charge is -2.26. The Kier molecular flexibility index (Phi) is 6.40. The summed E-state index contributed by atoms with van der Waals surface area (Å²) in [6.45, 7) is 2.44. The van der Waals surface area contributed by atoms with Crippen molar-refractivity contribution in [3.8, 4) is 0 Å². The molecule has 0 saturated heterocycles. The summed E-state index contributed by atoms with van der Waals surface area (Å²) in [6, 6.07) is -0.352. The molecule has 1 aromatic rings. The lowest BCUT2D eigenvalue weighted by Crippen LogP contribution is -2.44. The van der Waals surface area contributed by atoms with E-state index in [-0.39, 0.29) is 19.1 Å². The van der Waals surface area contributed by atoms with Gasteiger partial charge in [0.25, 0.3) is 0 Å². The van der Waals surface area contributed by atoms with E-state index in [9.17, 15) is 9.59 Å². The Morgan fingerprint density at radius 3 is 2.70 bits per heavy atom. The molecule has 0 fully saturated rings. The summed E-state index contributed by atoms with van der Waals surface area (Å²) in [4.78, 5) is 30.0. The minimum atomic E-state index is -1.05. The largest absolute Gasteiger partial charge is 0.480 e. The fourth-order valence-electron chi connectivity index (χ4n) is 1.64. The van der Waals surface area contributed by atoms with Crippen LogP contribution in [-0.2, 0) is 16.1 Å². The number of thiazole rings is 1. The lowest BCUT2D eigenvalue weighted by molar-refractivity contribution is -0.137. The van der Waals surface area contributed by atoms with Gasteiger partial charge in [-0.1, -0.05) is 0 Å². The average molecular weight is 301 g/mol. The quantitative estimate of drug-likeness (QED) is 0.813. The van der Waals surface area contributed by atoms with Gasteiger partial charge in [0, 0.05) is 26.1 Å². The van der Waals surface area contributed by atoms with Crippen molar-refractivity contribution in [1.29, 1.82) is 0 Å². The molecular weight excluding hydrogens is 282 g/mol. The number of hydrogen-bond acceptors (Lipinski definition) is 5. The molecule has 1 aromatic heterocycles. The van der Waals surface area contributed by atoms with E-state index in [1.807, 2.05) is 12.3 Å². The van der Waals surface area contributed by atoms with Gasteiger partial charge in [-0.15, -0.1) is 11.3 Å². The summed E-state index contributed by atoms with van der Waals surface area (Å²) in [7, 11) is 3.13. The summed E-state index contributed by atoms with van der Waals surface area (Å²) in [5, 5.41) is 11.7. The van der Waals surface area contributed by atoms with Crippen LogP contribution in [0, 0.1) is 6.92 Å². The summed E-state index contributed by atoms with van der Waals surface area (Å²) in [5.41, 5.74) is 0.797. The number of carbonyl (C=O) groups is 2. The molecule has 112 valence electrons. The van der Waals surface area contributed by atoms with E-state index in [0.717, 1.165) is 10.7 Å². The highest BCUT2D eigenvalue weighted by atomic mass is 32.1. The highest BCUT2D eigenvalue weighted by Gasteiger charge is 2.20. The molecule has 1 rings (SSSR count). The number of urea groups is 1. The van der Waals surface area contributed by atoms with Gasteiger partial charge >= 0.3 is 12.0 Å². The molecule has 1 N–H and O–H groups in total. The first-order valence-electron chi connectivity index (χ1n) is 6.05. The second-order valence-electron chi connectivity index (χ2n) is 4.30. The maximum atomic E-state index is 12.2. The van der Waals surface area contributed by atoms with Gasteiger partial charge in [0.15, 0.2) is 0 Å². The number of hydrogen-bond donors (Lipinski definition) is 1. The predicted octanol–water partition coefficient (Wildman–Crippen LogP) is 1.04. The molecule has 0 atom stereocenters. The monoisotopic (exact) mass is 301 g/mol. The summed E-state index contributed by atoms with van der Waals surface area (Å²) >= 11 is 1.51. The third kappa shape index (κ3) is 5.14. The molecule has 20 heavy (non-hydrogen) atoms. The van der Waals surface area contributed by atoms with Gasteiger partial charge in [-0.05, 0) is 6.92 Å². The number of carboxylic acid groups (broad SMARTS) is 1. The number of aryl methyl sites for hydroxylation is 1. The maximum Gasteiger partial charge on any atom is 0.323 e. The molecule has 7 nitrogen and oxygen atoms in total. The van der Waals surface area contributed by atoms with Gasteiger partial charge in [0.1, 0.15) is 6.54 Å². The zero-order chi connectivity index (χ0) is 15.1. The fraction of sp³-hybridized carbons (Fsp3) is 0.583. The number of aliphatic carboxylic acids is 1. The Morgan fingerprint density at radius 1 is 1.50 bits per heavy atom. The molecule has 0 bridgehead atoms. The molecule has 0 unspecified atom stereocenters. The SMILES string of the molecule is COCCN(CC(=O)O)C(=O)N(C)Cc1csc(C)n1. The molecule has 8 heteroatoms. The first-order chi connectivity index (χ1) is 9.43. The first kappa shape index (κ1) is 16.4. The molecule has 0 spiro atoms. The van der Waals surface area contributed by atoms with Crippen LogP contribution in [0.5, 0.6) is 0 Å². The average Bonchev–Trinajstić information content (AvgIpc) is 2.78. The number of nitrogens with zero attached hydrogens (tertiary/aromatic N) is 3. The molecule has 1 heterocycles. The van der Waals surface area contributed by atoms with Crippen LogP contribution in [0.2, 0.25) is 0 Å². The van der Waals surface area contributed by atoms with Crippen molar-refractivity contribution in [3.63, 3.8) is 0 Å². The van der Waals surface area contributed by atoms with Crippen molar-refractivity contribution in [2.75, 3.05) is 33.9 Å². The molecule has 2 amide bonds. The van der Waals surface area contributed by atoms with E-state index >= 15 is 0 Å². The number of aromatic nitrogens is 1. The zero-order valence-corrected chi connectivity index (χ0v) is 12.6. The predicted molar refractivity (Wildman–Crippen MR) is 74.8 cm³/mol. The minimum Gasteiger partial charge on any atom is -0.480 e. The van der Waals surface area contributed by atoms with E-state index in [0.29, 0.717) is 13.2 Å². The van der Waals surface area contributed by atoms with Gasteiger partial charge in [0.2, 0.25) is 0 Å². The van der Waals surface area contributed by atoms with Gasteiger partial charge in [-0.2, -0.15) is 0 Å². The van der Waals surface area contributed by atoms with E-state index in [4.69, 9.17) is 9.84 Å². The number of rotatable bonds is 7. The Hall–Kier alpha value is -1.67. The van der Waals surface area contributed by atoms with Crippen molar-refractivity contribution < 1.29 is 19.4 Å². The Labute approximate surface area is 121 Å². The second kappa shape index (κ2) is 7.81. The summed E-state index contributed by atoms with van der Waals surface area (Å²) in [5.74, 6) is -1.05. The van der Waals surface area contributed by atoms with Crippen molar-refractivity contribution in [1.82, 2.24) is 14.8 Å². The van der Waals surface area contributed by atoms with Gasteiger partial charge < -0.3 is 19.6 Å². The van der Waals surface area contributed by atoms with E-state index in [2.05, 4.69) is 4.98 Å². The van der Waals surface area contributed by atoms with Crippen LogP contribution in [0.4, 0.5) is 4.79 Å². The second-order valence-corrected chi connectivity index (χ2v) is 5.37. The van der Waals surface area contributed by atoms with E-state index in [1.165, 1.54) is 28.2 Å². The molecule has 0 aliphatic rings. The molecule has 0 aromatic carbocycles. The third-order valence-corrected chi connectivity index (χ3v) is 3.38. The smallest absolute Gasteiger partial charge is 0.323 e. The van der Waals surface area contributed by atoms with Crippen LogP contribution < -0.4 is 0 Å². The minimum absolute atomic E-state index is 0.238. The Morgan fingerprint density at radius 2 is 2.20 bits per heavy atom. The standard InChI is InChI=1S/C12H19N3O4S/c1-9-13-10(8-20-9)6-14(2)12(18)15(4-5-19-3)7-11(16)17/h8H,4-7H2,1-3H3,(H,16,17). The molecule has 0 saturated carbocycles. The molecule has 0 aliphatic carbocycles. The number of carboxylic acids is 1. The van der Waals surface area contributed by atoms with Gasteiger partial charge in [-0.25, -0.2) is 9.78 Å². The van der Waals surface area contributed by atoms with Crippen LogP contribution in [0.3, 0.4) is 0 Å². The van der Waals surface area contributed by atoms with Crippen LogP contribution in [0.25, 0.3) is 0 Å². The third-order valence-electron chi connectivity index (χ3n) is 2.55. The van der Waals surface area contributed by atoms with Crippen LogP contribution in [-0.4, -0.2) is 65.7 Å². The topological polar surface area (TPSA) is 83.0 Å². The lowest BCUT2D eigenvalue weighted by atomic mass is 10.4. The highest BCUT2D eigenvalue weighted by Crippen LogP contribution is 2.10. The van der Waals surface area contributed by atoms with Crippen LogP contribution >= 0.6 is 11.3 Å². The highest BCUT2D eigenvalue weighted by molar-refractivity contribution is 7.09. The normalized spacial score (nSPS) is 10.3. The van der Waals surface area contributed by atoms with Crippen LogP contribution in [0.15, 0.2) is 5.38 Å². The Balaban J connectivity index is 2.64. The van der Waals surface area contributed by atoms with Crippen LogP contribution in [0.1, 0.15) is 10.7 Å². The molecule has 0 aliphatic heterocycles. The first-order valence-corrected chi connectivity index (χ1v) is 6.93. The van der Waals surface area contributed by atoms with Gasteiger partial charge in [-0.3, -0.25) is 4.79 Å². The maximum absolute atomic E-state index is 12.2. The van der Waals surface area contributed by atoms with Crippen molar-refractivity contribution in [2.45, 2.75) is 13.5 Å². The summed E-state index contributed by atoms with van der Waals surface area (Å²) in [6.07, 6.45) is 0. The van der Waals surface area contributed by atoms with Crippen molar-refractivity contribution >= 4 is 23.3 Å². The zero-order valence-electron chi connectivity index (χ0n) is 11.8. The number of amides is 2. The number of ether oxygens (including phenoxy) is 1. The number of methoxy groups -OCH3 is 1. The summed E-state index contributed by atoms with van der Waals surface area (Å²) < 4.78 is 4.89. The molecule has 0 radical (unpaired) electrons. The van der Waals surface area contributed by atoms with Crippen molar-refractivity contribution in [2.24, 2.45) is 0 Å².